The lowest BCUT2D eigenvalue weighted by atomic mass is 9.83. The second kappa shape index (κ2) is 14.8. The van der Waals surface area contributed by atoms with Crippen molar-refractivity contribution in [2.24, 2.45) is 4.99 Å². The third-order valence-electron chi connectivity index (χ3n) is 8.60. The molecule has 2 aromatic rings. The van der Waals surface area contributed by atoms with Crippen molar-refractivity contribution in [2.75, 3.05) is 24.2 Å². The molecule has 0 aromatic heterocycles. The predicted octanol–water partition coefficient (Wildman–Crippen LogP) is 5.84. The number of carbonyl (C=O) groups is 1. The van der Waals surface area contributed by atoms with Crippen molar-refractivity contribution < 1.29 is 26.7 Å². The van der Waals surface area contributed by atoms with Gasteiger partial charge in [-0.3, -0.25) is 14.7 Å². The summed E-state index contributed by atoms with van der Waals surface area (Å²) in [6, 6.07) is 7.96. The number of benzene rings is 2. The highest BCUT2D eigenvalue weighted by Crippen LogP contribution is 2.37. The van der Waals surface area contributed by atoms with Gasteiger partial charge in [0, 0.05) is 54.4 Å². The van der Waals surface area contributed by atoms with E-state index in [-0.39, 0.29) is 28.9 Å². The van der Waals surface area contributed by atoms with E-state index < -0.39 is 46.4 Å². The van der Waals surface area contributed by atoms with Crippen LogP contribution in [0.4, 0.5) is 18.9 Å². The van der Waals surface area contributed by atoms with Gasteiger partial charge < -0.3 is 15.2 Å². The summed E-state index contributed by atoms with van der Waals surface area (Å²) in [6.45, 7) is 7.44. The summed E-state index contributed by atoms with van der Waals surface area (Å²) in [6.07, 6.45) is 6.26. The minimum atomic E-state index is -1.79. The number of fused-ring (bicyclic) bond motifs is 1. The number of nitrogens with one attached hydrogen (secondary N) is 2. The number of amides is 1. The topological polar surface area (TPSA) is 98.2 Å². The zero-order valence-electron chi connectivity index (χ0n) is 24.3. The minimum absolute atomic E-state index is 0.0691. The van der Waals surface area contributed by atoms with Crippen molar-refractivity contribution in [2.45, 2.75) is 62.2 Å². The van der Waals surface area contributed by atoms with Crippen LogP contribution >= 0.6 is 11.6 Å². The van der Waals surface area contributed by atoms with Crippen LogP contribution in [0.5, 0.6) is 0 Å². The molecule has 0 saturated carbocycles. The number of hydrogen-bond acceptors (Lipinski definition) is 5. The first-order valence-corrected chi connectivity index (χ1v) is 16.4. The number of piperazine rings is 1. The number of nitrogens with zero attached hydrogens (tertiary/aromatic N) is 3. The van der Waals surface area contributed by atoms with Gasteiger partial charge in [-0.25, -0.2) is 17.4 Å². The number of allylic oxidation sites excluding steroid dienone is 2. The number of rotatable bonds is 12. The van der Waals surface area contributed by atoms with Crippen molar-refractivity contribution in [1.82, 2.24) is 10.2 Å². The normalized spacial score (nSPS) is 24.3. The molecule has 0 aliphatic carbocycles. The highest BCUT2D eigenvalue weighted by Gasteiger charge is 2.47. The van der Waals surface area contributed by atoms with Crippen molar-refractivity contribution in [3.8, 4) is 6.57 Å². The van der Waals surface area contributed by atoms with Crippen LogP contribution in [0, 0.1) is 18.2 Å². The number of carbonyl (C=O) groups excluding carboxylic acids is 1. The summed E-state index contributed by atoms with van der Waals surface area (Å²) in [4.78, 5) is 23.9. The third-order valence-corrected chi connectivity index (χ3v) is 9.54. The smallest absolute Gasteiger partial charge is 0.319 e. The van der Waals surface area contributed by atoms with Crippen LogP contribution in [0.25, 0.3) is 4.85 Å². The molecule has 3 N–H and O–H groups in total. The quantitative estimate of drug-likeness (QED) is 0.196. The van der Waals surface area contributed by atoms with E-state index in [4.69, 9.17) is 22.7 Å². The van der Waals surface area contributed by atoms with E-state index >= 15 is 4.39 Å². The van der Waals surface area contributed by atoms with Crippen molar-refractivity contribution in [3.63, 3.8) is 0 Å². The standard InChI is InChI=1S/C32H33ClF3N5O3S/c1-37-31(30(19-8-11-24(33)26(36)14-19)20-7-9-21(34)16-38-15-20)32(42)40-27-6-2-5-25(35)23(27)10-12-28-29-18-41(29)22(17-39-28)4-3-13-45(43)44/h1-2,5-6,8-9,11,14-16,22,28-31,39H,3-4,7,10,12-13,17-18H2,(H-,40,42,43,44)/p+1. The van der Waals surface area contributed by atoms with Crippen molar-refractivity contribution >= 4 is 40.5 Å². The molecule has 8 nitrogen and oxygen atoms in total. The average molecular weight is 661 g/mol. The van der Waals surface area contributed by atoms with Gasteiger partial charge in [0.25, 0.3) is 6.57 Å². The molecule has 45 heavy (non-hydrogen) atoms. The van der Waals surface area contributed by atoms with Gasteiger partial charge in [-0.2, -0.15) is 0 Å². The number of hydrogen-bond donors (Lipinski definition) is 3. The van der Waals surface area contributed by atoms with Gasteiger partial charge in [-0.05, 0) is 73.6 Å². The zero-order chi connectivity index (χ0) is 32.1. The number of anilines is 1. The Bertz CT molecular complexity index is 1590. The summed E-state index contributed by atoms with van der Waals surface area (Å²) < 4.78 is 63.7. The van der Waals surface area contributed by atoms with Gasteiger partial charge in [-0.15, -0.1) is 0 Å². The molecule has 2 saturated heterocycles. The van der Waals surface area contributed by atoms with Crippen molar-refractivity contribution in [3.05, 3.63) is 92.7 Å². The van der Waals surface area contributed by atoms with E-state index in [2.05, 4.69) is 25.4 Å². The first kappa shape index (κ1) is 33.0. The van der Waals surface area contributed by atoms with Gasteiger partial charge >= 0.3 is 11.9 Å². The van der Waals surface area contributed by atoms with Gasteiger partial charge in [0.05, 0.1) is 17.2 Å². The molecule has 3 heterocycles. The second-order valence-electron chi connectivity index (χ2n) is 11.4. The lowest BCUT2D eigenvalue weighted by Gasteiger charge is -2.31. The van der Waals surface area contributed by atoms with E-state index in [0.717, 1.165) is 25.7 Å². The molecule has 5 rings (SSSR count). The maximum absolute atomic E-state index is 15.2. The fraction of sp³-hybridized carbons (Fsp3) is 0.406. The van der Waals surface area contributed by atoms with Crippen LogP contribution < -0.4 is 10.6 Å². The summed E-state index contributed by atoms with van der Waals surface area (Å²) in [5.41, 5.74) is 1.41. The highest BCUT2D eigenvalue weighted by molar-refractivity contribution is 7.79. The Balaban J connectivity index is 1.31. The Morgan fingerprint density at radius 3 is 2.82 bits per heavy atom. The monoisotopic (exact) mass is 660 g/mol. The lowest BCUT2D eigenvalue weighted by molar-refractivity contribution is -0.116. The average Bonchev–Trinajstić information content (AvgIpc) is 3.83. The molecule has 2 aromatic carbocycles. The summed E-state index contributed by atoms with van der Waals surface area (Å²) >= 11 is 4.12. The Hall–Kier alpha value is -3.34. The Morgan fingerprint density at radius 2 is 2.07 bits per heavy atom. The summed E-state index contributed by atoms with van der Waals surface area (Å²) in [5, 5.41) is 6.23. The molecule has 7 atom stereocenters. The maximum Gasteiger partial charge on any atom is 0.359 e. The molecule has 238 valence electrons. The zero-order valence-corrected chi connectivity index (χ0v) is 25.9. The molecular formula is C32H34ClF3N5O3S+. The van der Waals surface area contributed by atoms with Gasteiger partial charge in [0.1, 0.15) is 17.5 Å². The van der Waals surface area contributed by atoms with Crippen molar-refractivity contribution in [1.29, 1.82) is 0 Å². The van der Waals surface area contributed by atoms with Crippen LogP contribution in [0.15, 0.2) is 65.1 Å². The van der Waals surface area contributed by atoms with Gasteiger partial charge in [0.15, 0.2) is 11.1 Å². The third kappa shape index (κ3) is 8.09. The summed E-state index contributed by atoms with van der Waals surface area (Å²) in [5.74, 6) is -3.05. The Kier molecular flexibility index (Phi) is 10.9. The van der Waals surface area contributed by atoms with E-state index in [1.54, 1.807) is 12.1 Å². The van der Waals surface area contributed by atoms with E-state index in [1.807, 2.05) is 0 Å². The fourth-order valence-corrected chi connectivity index (χ4v) is 6.80. The first-order valence-electron chi connectivity index (χ1n) is 14.7. The Labute approximate surface area is 267 Å². The molecule has 0 radical (unpaired) electrons. The molecule has 7 unspecified atom stereocenters. The van der Waals surface area contributed by atoms with Crippen LogP contribution in [0.3, 0.4) is 0 Å². The largest absolute Gasteiger partial charge is 0.359 e. The molecule has 3 aliphatic rings. The number of halogens is 4. The molecule has 13 heteroatoms. The molecule has 0 spiro atoms. The van der Waals surface area contributed by atoms with E-state index in [1.165, 1.54) is 36.5 Å². The molecular weight excluding hydrogens is 627 g/mol. The van der Waals surface area contributed by atoms with Crippen LogP contribution in [-0.2, 0) is 22.3 Å². The SMILES string of the molecule is C#[N+]C(C(=O)Nc1cccc(F)c1CCC1NCC(CCCS(=O)O)N2CC12)C(C1=CN=CC(F)=CC1)c1ccc(Cl)c(F)c1. The molecule has 1 amide bonds. The molecule has 2 fully saturated rings. The van der Waals surface area contributed by atoms with E-state index in [0.29, 0.717) is 48.0 Å². The first-order chi connectivity index (χ1) is 21.7. The van der Waals surface area contributed by atoms with Gasteiger partial charge in [-0.1, -0.05) is 28.6 Å². The van der Waals surface area contributed by atoms with Gasteiger partial charge in [0.2, 0.25) is 0 Å². The highest BCUT2D eigenvalue weighted by atomic mass is 35.5. The van der Waals surface area contributed by atoms with Crippen LogP contribution in [-0.4, -0.2) is 68.8 Å². The maximum atomic E-state index is 15.2. The van der Waals surface area contributed by atoms with Crippen LogP contribution in [0.1, 0.15) is 42.7 Å². The second-order valence-corrected chi connectivity index (χ2v) is 12.9. The fourth-order valence-electron chi connectivity index (χ4n) is 6.27. The molecule has 0 bridgehead atoms. The van der Waals surface area contributed by atoms with Crippen LogP contribution in [0.2, 0.25) is 5.02 Å². The minimum Gasteiger partial charge on any atom is -0.319 e. The summed E-state index contributed by atoms with van der Waals surface area (Å²) in [7, 11) is 0. The number of aliphatic imine (C=N–C) groups is 1. The van der Waals surface area contributed by atoms with E-state index in [9.17, 15) is 17.8 Å². The molecule has 3 aliphatic heterocycles. The Morgan fingerprint density at radius 1 is 1.24 bits per heavy atom. The lowest BCUT2D eigenvalue weighted by Crippen LogP contribution is -2.49. The predicted molar refractivity (Wildman–Crippen MR) is 171 cm³/mol.